The van der Waals surface area contributed by atoms with Gasteiger partial charge in [-0.05, 0) is 104 Å². The van der Waals surface area contributed by atoms with Crippen molar-refractivity contribution in [2.45, 2.75) is 66.5 Å². The second-order valence-electron chi connectivity index (χ2n) is 12.3. The van der Waals surface area contributed by atoms with Crippen molar-refractivity contribution in [3.8, 4) is 0 Å². The van der Waals surface area contributed by atoms with Crippen LogP contribution >= 0.6 is 0 Å². The lowest BCUT2D eigenvalue weighted by Crippen LogP contribution is -2.22. The topological polar surface area (TPSA) is 30.5 Å². The van der Waals surface area contributed by atoms with Crippen LogP contribution in [0.25, 0.3) is 10.8 Å². The van der Waals surface area contributed by atoms with Gasteiger partial charge in [-0.25, -0.2) is 0 Å². The van der Waals surface area contributed by atoms with E-state index in [1.807, 2.05) is 0 Å². The Hall–Kier alpha value is -4.28. The molecule has 4 heteroatoms. The molecule has 0 aliphatic carbocycles. The zero-order valence-electron chi connectivity index (χ0n) is 29.4. The van der Waals surface area contributed by atoms with Gasteiger partial charge in [0.15, 0.2) is 0 Å². The van der Waals surface area contributed by atoms with Gasteiger partial charge in [-0.1, -0.05) is 92.7 Å². The highest BCUT2D eigenvalue weighted by atomic mass is 15.1. The Bertz CT molecular complexity index is 1610. The van der Waals surface area contributed by atoms with Gasteiger partial charge in [-0.3, -0.25) is 0 Å². The molecule has 1 unspecified atom stereocenters. The van der Waals surface area contributed by atoms with E-state index in [4.69, 9.17) is 0 Å². The van der Waals surface area contributed by atoms with E-state index in [0.29, 0.717) is 6.04 Å². The van der Waals surface area contributed by atoms with Crippen LogP contribution in [-0.4, -0.2) is 32.7 Å². The third-order valence-corrected chi connectivity index (χ3v) is 9.70. The zero-order chi connectivity index (χ0) is 33.2. The predicted octanol–water partition coefficient (Wildman–Crippen LogP) is 10.4. The molecule has 0 aromatic heterocycles. The molecular weight excluding hydrogens is 573 g/mol. The summed E-state index contributed by atoms with van der Waals surface area (Å²) in [5, 5.41) is 9.91. The van der Waals surface area contributed by atoms with E-state index < -0.39 is 0 Å². The van der Waals surface area contributed by atoms with Crippen LogP contribution in [0.3, 0.4) is 0 Å². The molecule has 2 N–H and O–H groups in total. The number of rotatable bonds is 16. The molecule has 0 radical (unpaired) electrons. The predicted molar refractivity (Wildman–Crippen MR) is 205 cm³/mol. The summed E-state index contributed by atoms with van der Waals surface area (Å²) in [5.74, 6) is 0.112. The molecule has 246 valence electrons. The molecule has 5 aromatic rings. The molecule has 5 rings (SSSR count). The van der Waals surface area contributed by atoms with Crippen molar-refractivity contribution in [2.24, 2.45) is 0 Å². The van der Waals surface area contributed by atoms with Crippen LogP contribution in [0.4, 0.5) is 17.1 Å². The number of nitrogens with zero attached hydrogens (tertiary/aromatic N) is 2. The summed E-state index contributed by atoms with van der Waals surface area (Å²) >= 11 is 0. The summed E-state index contributed by atoms with van der Waals surface area (Å²) in [5.41, 5.74) is 10.3. The van der Waals surface area contributed by atoms with E-state index in [2.05, 4.69) is 171 Å². The van der Waals surface area contributed by atoms with E-state index in [1.54, 1.807) is 0 Å². The first-order valence-electron chi connectivity index (χ1n) is 17.8. The number of nitrogens with one attached hydrogen (secondary N) is 2. The third kappa shape index (κ3) is 7.82. The summed E-state index contributed by atoms with van der Waals surface area (Å²) < 4.78 is 0. The molecule has 0 amide bonds. The highest BCUT2D eigenvalue weighted by Gasteiger charge is 2.21. The van der Waals surface area contributed by atoms with Crippen LogP contribution in [0.15, 0.2) is 109 Å². The van der Waals surface area contributed by atoms with Gasteiger partial charge in [0.05, 0.1) is 0 Å². The number of anilines is 3. The van der Waals surface area contributed by atoms with Gasteiger partial charge in [0.2, 0.25) is 0 Å². The molecule has 0 heterocycles. The van der Waals surface area contributed by atoms with E-state index in [0.717, 1.165) is 45.7 Å². The highest BCUT2D eigenvalue weighted by Crippen LogP contribution is 2.39. The Balaban J connectivity index is 1.50. The molecule has 0 bridgehead atoms. The molecule has 47 heavy (non-hydrogen) atoms. The third-order valence-electron chi connectivity index (χ3n) is 9.70. The molecular formula is C43H54N4. The summed E-state index contributed by atoms with van der Waals surface area (Å²) in [6.45, 7) is 19.1. The second-order valence-corrected chi connectivity index (χ2v) is 12.3. The lowest BCUT2D eigenvalue weighted by atomic mass is 9.82. The highest BCUT2D eigenvalue weighted by molar-refractivity contribution is 5.97. The number of benzene rings is 5. The summed E-state index contributed by atoms with van der Waals surface area (Å²) in [7, 11) is 0. The second kappa shape index (κ2) is 16.5. The first-order chi connectivity index (χ1) is 23.0. The van der Waals surface area contributed by atoms with Gasteiger partial charge in [0, 0.05) is 67.1 Å². The summed E-state index contributed by atoms with van der Waals surface area (Å²) in [6.07, 6.45) is 1.09. The summed E-state index contributed by atoms with van der Waals surface area (Å²) in [4.78, 5) is 4.82. The quantitative estimate of drug-likeness (QED) is 0.107. The van der Waals surface area contributed by atoms with Gasteiger partial charge in [-0.15, -0.1) is 0 Å². The summed E-state index contributed by atoms with van der Waals surface area (Å²) in [6, 6.07) is 41.5. The fourth-order valence-electron chi connectivity index (χ4n) is 7.02. The Labute approximate surface area is 283 Å². The molecule has 0 saturated carbocycles. The molecule has 0 fully saturated rings. The van der Waals surface area contributed by atoms with Crippen molar-refractivity contribution < 1.29 is 0 Å². The Morgan fingerprint density at radius 2 is 1.04 bits per heavy atom. The lowest BCUT2D eigenvalue weighted by molar-refractivity contribution is 0.537. The van der Waals surface area contributed by atoms with Crippen molar-refractivity contribution in [3.05, 3.63) is 137 Å². The van der Waals surface area contributed by atoms with Crippen LogP contribution in [0.5, 0.6) is 0 Å². The van der Waals surface area contributed by atoms with Crippen molar-refractivity contribution in [3.63, 3.8) is 0 Å². The van der Waals surface area contributed by atoms with E-state index in [1.165, 1.54) is 55.7 Å². The van der Waals surface area contributed by atoms with Crippen molar-refractivity contribution in [2.75, 3.05) is 47.8 Å². The standard InChI is InChI=1S/C43H54N4/c1-7-41(44-8-2)33-19-17-32(18-20-33)31-45-42-30-29-40(38-15-13-14-16-39(38)42)43(34-21-25-36(26-22-34)46(9-3)10-4)35-23-27-37(28-24-35)47(11-5)12-6/h13-30,41,43-45H,7-12,31H2,1-6H3. The first kappa shape index (κ1) is 34.1. The number of fused-ring (bicyclic) bond motifs is 1. The van der Waals surface area contributed by atoms with E-state index >= 15 is 0 Å². The average Bonchev–Trinajstić information content (AvgIpc) is 3.13. The van der Waals surface area contributed by atoms with Crippen molar-refractivity contribution in [1.29, 1.82) is 0 Å². The van der Waals surface area contributed by atoms with E-state index in [-0.39, 0.29) is 5.92 Å². The van der Waals surface area contributed by atoms with Gasteiger partial charge in [0.25, 0.3) is 0 Å². The molecule has 5 aromatic carbocycles. The Kier molecular flexibility index (Phi) is 12.0. The minimum absolute atomic E-state index is 0.112. The Morgan fingerprint density at radius 1 is 0.532 bits per heavy atom. The number of hydrogen-bond acceptors (Lipinski definition) is 4. The zero-order valence-corrected chi connectivity index (χ0v) is 29.4. The van der Waals surface area contributed by atoms with Gasteiger partial charge in [0.1, 0.15) is 0 Å². The fourth-order valence-corrected chi connectivity index (χ4v) is 7.02. The van der Waals surface area contributed by atoms with Crippen LogP contribution in [0.1, 0.15) is 87.7 Å². The normalized spacial score (nSPS) is 12.0. The van der Waals surface area contributed by atoms with Crippen LogP contribution in [0, 0.1) is 0 Å². The minimum atomic E-state index is 0.112. The van der Waals surface area contributed by atoms with Crippen molar-refractivity contribution >= 4 is 27.8 Å². The van der Waals surface area contributed by atoms with Gasteiger partial charge in [-0.2, -0.15) is 0 Å². The molecule has 1 atom stereocenters. The molecule has 0 aliphatic heterocycles. The maximum atomic E-state index is 3.78. The number of hydrogen-bond donors (Lipinski definition) is 2. The molecule has 0 spiro atoms. The van der Waals surface area contributed by atoms with E-state index in [9.17, 15) is 0 Å². The van der Waals surface area contributed by atoms with Crippen LogP contribution in [0.2, 0.25) is 0 Å². The van der Waals surface area contributed by atoms with Crippen LogP contribution in [-0.2, 0) is 6.54 Å². The van der Waals surface area contributed by atoms with Crippen LogP contribution < -0.4 is 20.4 Å². The largest absolute Gasteiger partial charge is 0.380 e. The molecule has 0 aliphatic rings. The minimum Gasteiger partial charge on any atom is -0.380 e. The lowest BCUT2D eigenvalue weighted by Gasteiger charge is -2.26. The smallest absolute Gasteiger partial charge is 0.0422 e. The monoisotopic (exact) mass is 626 g/mol. The SMILES string of the molecule is CCNC(CC)c1ccc(CNc2ccc(C(c3ccc(N(CC)CC)cc3)c3ccc(N(CC)CC)cc3)c3ccccc23)cc1. The van der Waals surface area contributed by atoms with Gasteiger partial charge >= 0.3 is 0 Å². The maximum Gasteiger partial charge on any atom is 0.0422 e. The Morgan fingerprint density at radius 3 is 1.53 bits per heavy atom. The first-order valence-corrected chi connectivity index (χ1v) is 17.8. The van der Waals surface area contributed by atoms with Crippen molar-refractivity contribution in [1.82, 2.24) is 5.32 Å². The average molecular weight is 627 g/mol. The fraction of sp³-hybridized carbons (Fsp3) is 0.349. The molecule has 4 nitrogen and oxygen atoms in total. The van der Waals surface area contributed by atoms with Gasteiger partial charge < -0.3 is 20.4 Å². The maximum absolute atomic E-state index is 3.78. The molecule has 0 saturated heterocycles.